The average molecular weight is 258 g/mol. The molecule has 98 valence electrons. The number of hydrogen-bond acceptors (Lipinski definition) is 3. The standard InChI is InChI=1S/C13H14N4O2/c1-9-3-2-4-10(5-9)13(19)14-8-12(18)17-11-6-15-16-7-11/h2-7H,8H2,1H3,(H,14,19)(H,15,16)(H,17,18). The second-order valence-electron chi connectivity index (χ2n) is 4.09. The summed E-state index contributed by atoms with van der Waals surface area (Å²) >= 11 is 0. The summed E-state index contributed by atoms with van der Waals surface area (Å²) in [4.78, 5) is 23.3. The third-order valence-corrected chi connectivity index (χ3v) is 2.47. The van der Waals surface area contributed by atoms with Crippen LogP contribution in [0.3, 0.4) is 0 Å². The number of nitrogens with zero attached hydrogens (tertiary/aromatic N) is 1. The van der Waals surface area contributed by atoms with Gasteiger partial charge in [0.2, 0.25) is 5.91 Å². The molecule has 0 spiro atoms. The van der Waals surface area contributed by atoms with Crippen LogP contribution in [0.5, 0.6) is 0 Å². The van der Waals surface area contributed by atoms with Gasteiger partial charge in [0.05, 0.1) is 18.4 Å². The van der Waals surface area contributed by atoms with Crippen molar-refractivity contribution in [2.45, 2.75) is 6.92 Å². The fourth-order valence-electron chi connectivity index (χ4n) is 1.57. The lowest BCUT2D eigenvalue weighted by Gasteiger charge is -2.06. The Bertz CT molecular complexity index is 578. The maximum absolute atomic E-state index is 11.8. The number of anilines is 1. The predicted octanol–water partition coefficient (Wildman–Crippen LogP) is 1.09. The Kier molecular flexibility index (Phi) is 3.92. The van der Waals surface area contributed by atoms with Crippen LogP contribution in [0.1, 0.15) is 15.9 Å². The molecule has 0 radical (unpaired) electrons. The van der Waals surface area contributed by atoms with Crippen LogP contribution in [0.15, 0.2) is 36.7 Å². The first kappa shape index (κ1) is 12.8. The van der Waals surface area contributed by atoms with Crippen molar-refractivity contribution in [2.75, 3.05) is 11.9 Å². The van der Waals surface area contributed by atoms with Crippen LogP contribution < -0.4 is 10.6 Å². The van der Waals surface area contributed by atoms with Gasteiger partial charge in [-0.25, -0.2) is 0 Å². The van der Waals surface area contributed by atoms with Gasteiger partial charge in [-0.3, -0.25) is 14.7 Å². The second kappa shape index (κ2) is 5.81. The van der Waals surface area contributed by atoms with Gasteiger partial charge >= 0.3 is 0 Å². The molecule has 19 heavy (non-hydrogen) atoms. The Morgan fingerprint density at radius 2 is 2.21 bits per heavy atom. The van der Waals surface area contributed by atoms with Crippen molar-refractivity contribution in [3.05, 3.63) is 47.8 Å². The summed E-state index contributed by atoms with van der Waals surface area (Å²) in [5, 5.41) is 11.4. The van der Waals surface area contributed by atoms with Gasteiger partial charge in [-0.1, -0.05) is 17.7 Å². The molecule has 1 aromatic carbocycles. The van der Waals surface area contributed by atoms with Crippen LogP contribution in [-0.2, 0) is 4.79 Å². The molecule has 2 aromatic rings. The van der Waals surface area contributed by atoms with E-state index in [0.717, 1.165) is 5.56 Å². The van der Waals surface area contributed by atoms with E-state index in [-0.39, 0.29) is 18.4 Å². The molecule has 1 heterocycles. The maximum Gasteiger partial charge on any atom is 0.251 e. The average Bonchev–Trinajstić information content (AvgIpc) is 2.88. The van der Waals surface area contributed by atoms with Crippen molar-refractivity contribution < 1.29 is 9.59 Å². The van der Waals surface area contributed by atoms with E-state index in [0.29, 0.717) is 11.3 Å². The van der Waals surface area contributed by atoms with Crippen LogP contribution in [0, 0.1) is 6.92 Å². The molecule has 0 atom stereocenters. The quantitative estimate of drug-likeness (QED) is 0.767. The minimum atomic E-state index is -0.303. The van der Waals surface area contributed by atoms with Crippen molar-refractivity contribution in [3.8, 4) is 0 Å². The lowest BCUT2D eigenvalue weighted by atomic mass is 10.1. The lowest BCUT2D eigenvalue weighted by Crippen LogP contribution is -2.32. The monoisotopic (exact) mass is 258 g/mol. The first-order chi connectivity index (χ1) is 9.15. The van der Waals surface area contributed by atoms with Gasteiger partial charge < -0.3 is 10.6 Å². The second-order valence-corrected chi connectivity index (χ2v) is 4.09. The molecule has 0 aliphatic carbocycles. The first-order valence-corrected chi connectivity index (χ1v) is 5.78. The number of hydrogen-bond donors (Lipinski definition) is 3. The van der Waals surface area contributed by atoms with Gasteiger partial charge in [0.1, 0.15) is 0 Å². The van der Waals surface area contributed by atoms with Gasteiger partial charge in [-0.2, -0.15) is 5.10 Å². The Morgan fingerprint density at radius 1 is 1.37 bits per heavy atom. The largest absolute Gasteiger partial charge is 0.343 e. The van der Waals surface area contributed by atoms with E-state index < -0.39 is 0 Å². The number of carbonyl (C=O) groups excluding carboxylic acids is 2. The predicted molar refractivity (Wildman–Crippen MR) is 70.7 cm³/mol. The molecule has 6 heteroatoms. The Hall–Kier alpha value is -2.63. The number of rotatable bonds is 4. The third-order valence-electron chi connectivity index (χ3n) is 2.47. The topological polar surface area (TPSA) is 86.9 Å². The summed E-state index contributed by atoms with van der Waals surface area (Å²) in [7, 11) is 0. The van der Waals surface area contributed by atoms with Crippen LogP contribution >= 0.6 is 0 Å². The summed E-state index contributed by atoms with van der Waals surface area (Å²) in [5.41, 5.74) is 2.10. The molecule has 0 aliphatic rings. The first-order valence-electron chi connectivity index (χ1n) is 5.78. The van der Waals surface area contributed by atoms with E-state index in [9.17, 15) is 9.59 Å². The summed E-state index contributed by atoms with van der Waals surface area (Å²) in [6.45, 7) is 1.82. The molecule has 0 unspecified atom stereocenters. The number of carbonyl (C=O) groups is 2. The van der Waals surface area contributed by atoms with Crippen LogP contribution in [0.2, 0.25) is 0 Å². The van der Waals surface area contributed by atoms with Crippen molar-refractivity contribution in [1.82, 2.24) is 15.5 Å². The molecule has 3 N–H and O–H groups in total. The molecule has 0 aliphatic heterocycles. The minimum Gasteiger partial charge on any atom is -0.343 e. The number of nitrogens with one attached hydrogen (secondary N) is 3. The Balaban J connectivity index is 1.85. The van der Waals surface area contributed by atoms with Gasteiger partial charge in [0.15, 0.2) is 0 Å². The van der Waals surface area contributed by atoms with E-state index in [4.69, 9.17) is 0 Å². The van der Waals surface area contributed by atoms with Crippen LogP contribution in [0.4, 0.5) is 5.69 Å². The molecule has 6 nitrogen and oxygen atoms in total. The van der Waals surface area contributed by atoms with Crippen molar-refractivity contribution in [2.24, 2.45) is 0 Å². The summed E-state index contributed by atoms with van der Waals surface area (Å²) in [6, 6.07) is 7.18. The number of aryl methyl sites for hydroxylation is 1. The molecular weight excluding hydrogens is 244 g/mol. The number of aromatic amines is 1. The number of benzene rings is 1. The zero-order valence-corrected chi connectivity index (χ0v) is 10.4. The number of amides is 2. The van der Waals surface area contributed by atoms with Crippen molar-refractivity contribution in [1.29, 1.82) is 0 Å². The third kappa shape index (κ3) is 3.67. The van der Waals surface area contributed by atoms with Gasteiger partial charge in [-0.15, -0.1) is 0 Å². The lowest BCUT2D eigenvalue weighted by molar-refractivity contribution is -0.115. The fourth-order valence-corrected chi connectivity index (χ4v) is 1.57. The molecule has 0 fully saturated rings. The maximum atomic E-state index is 11.8. The zero-order valence-electron chi connectivity index (χ0n) is 10.4. The molecule has 1 aromatic heterocycles. The molecular formula is C13H14N4O2. The zero-order chi connectivity index (χ0) is 13.7. The van der Waals surface area contributed by atoms with E-state index >= 15 is 0 Å². The summed E-state index contributed by atoms with van der Waals surface area (Å²) < 4.78 is 0. The molecule has 2 amide bonds. The number of H-pyrrole nitrogens is 1. The highest BCUT2D eigenvalue weighted by molar-refractivity contribution is 5.99. The van der Waals surface area contributed by atoms with E-state index in [2.05, 4.69) is 20.8 Å². The van der Waals surface area contributed by atoms with Crippen LogP contribution in [0.25, 0.3) is 0 Å². The van der Waals surface area contributed by atoms with E-state index in [1.807, 2.05) is 13.0 Å². The smallest absolute Gasteiger partial charge is 0.251 e. The Morgan fingerprint density at radius 3 is 2.89 bits per heavy atom. The normalized spacial score (nSPS) is 9.95. The molecule has 2 rings (SSSR count). The van der Waals surface area contributed by atoms with E-state index in [1.54, 1.807) is 24.4 Å². The van der Waals surface area contributed by atoms with Crippen molar-refractivity contribution >= 4 is 17.5 Å². The highest BCUT2D eigenvalue weighted by atomic mass is 16.2. The number of aromatic nitrogens is 2. The minimum absolute atomic E-state index is 0.0854. The van der Waals surface area contributed by atoms with Gasteiger partial charge in [0, 0.05) is 11.8 Å². The highest BCUT2D eigenvalue weighted by Crippen LogP contribution is 2.03. The van der Waals surface area contributed by atoms with E-state index in [1.165, 1.54) is 6.20 Å². The van der Waals surface area contributed by atoms with Gasteiger partial charge in [-0.05, 0) is 19.1 Å². The summed E-state index contributed by atoms with van der Waals surface area (Å²) in [6.07, 6.45) is 3.04. The molecule has 0 bridgehead atoms. The Labute approximate surface area is 110 Å². The SMILES string of the molecule is Cc1cccc(C(=O)NCC(=O)Nc2cn[nH]c2)c1. The summed E-state index contributed by atoms with van der Waals surface area (Å²) in [5.74, 6) is -0.576. The van der Waals surface area contributed by atoms with Crippen LogP contribution in [-0.4, -0.2) is 28.6 Å². The highest BCUT2D eigenvalue weighted by Gasteiger charge is 2.08. The molecule has 0 saturated heterocycles. The van der Waals surface area contributed by atoms with Gasteiger partial charge in [0.25, 0.3) is 5.91 Å². The fraction of sp³-hybridized carbons (Fsp3) is 0.154. The van der Waals surface area contributed by atoms with Crippen molar-refractivity contribution in [3.63, 3.8) is 0 Å². The molecule has 0 saturated carbocycles.